The van der Waals surface area contributed by atoms with E-state index >= 15 is 0 Å². The van der Waals surface area contributed by atoms with E-state index in [1.807, 2.05) is 6.92 Å². The van der Waals surface area contributed by atoms with Gasteiger partial charge in [0.05, 0.1) is 11.4 Å². The monoisotopic (exact) mass is 232 g/mol. The summed E-state index contributed by atoms with van der Waals surface area (Å²) in [6, 6.07) is 3.33. The van der Waals surface area contributed by atoms with E-state index in [2.05, 4.69) is 20.7 Å². The van der Waals surface area contributed by atoms with Gasteiger partial charge in [-0.25, -0.2) is 0 Å². The van der Waals surface area contributed by atoms with E-state index in [-0.39, 0.29) is 11.6 Å². The van der Waals surface area contributed by atoms with Gasteiger partial charge in [-0.1, -0.05) is 5.16 Å². The van der Waals surface area contributed by atoms with Gasteiger partial charge >= 0.3 is 0 Å². The average Bonchev–Trinajstić information content (AvgIpc) is 2.62. The van der Waals surface area contributed by atoms with Crippen LogP contribution in [0.25, 0.3) is 0 Å². The molecule has 0 aliphatic carbocycles. The Hall–Kier alpha value is -2.24. The van der Waals surface area contributed by atoms with Gasteiger partial charge in [0.15, 0.2) is 5.69 Å². The Bertz CT molecular complexity index is 545. The number of carbonyl (C=O) groups excluding carboxylic acids is 1. The standard InChI is InChI=1S/C11H12N4O2/c1-6-4-5-9(14-13-6)10(16)12-11-7(2)8(3)15-17-11/h4-5H,1-3H3,(H,12,16). The smallest absolute Gasteiger partial charge is 0.278 e. The van der Waals surface area contributed by atoms with E-state index in [1.165, 1.54) is 0 Å². The molecule has 0 saturated heterocycles. The molecule has 2 rings (SSSR count). The molecule has 1 N–H and O–H groups in total. The van der Waals surface area contributed by atoms with Crippen LogP contribution in [-0.4, -0.2) is 21.3 Å². The Morgan fingerprint density at radius 1 is 1.24 bits per heavy atom. The highest BCUT2D eigenvalue weighted by molar-refractivity contribution is 6.02. The van der Waals surface area contributed by atoms with Crippen molar-refractivity contribution in [3.8, 4) is 0 Å². The molecule has 0 fully saturated rings. The van der Waals surface area contributed by atoms with E-state index < -0.39 is 0 Å². The van der Waals surface area contributed by atoms with Gasteiger partial charge in [-0.3, -0.25) is 10.1 Å². The molecule has 2 heterocycles. The number of nitrogens with zero attached hydrogens (tertiary/aromatic N) is 3. The van der Waals surface area contributed by atoms with Gasteiger partial charge in [0.1, 0.15) is 0 Å². The summed E-state index contributed by atoms with van der Waals surface area (Å²) in [5.41, 5.74) is 2.55. The molecule has 6 nitrogen and oxygen atoms in total. The van der Waals surface area contributed by atoms with Crippen molar-refractivity contribution in [2.75, 3.05) is 5.32 Å². The van der Waals surface area contributed by atoms with Crippen molar-refractivity contribution in [2.45, 2.75) is 20.8 Å². The van der Waals surface area contributed by atoms with Crippen molar-refractivity contribution >= 4 is 11.8 Å². The van der Waals surface area contributed by atoms with Gasteiger partial charge in [-0.15, -0.1) is 5.10 Å². The van der Waals surface area contributed by atoms with Crippen molar-refractivity contribution < 1.29 is 9.32 Å². The number of hydrogen-bond donors (Lipinski definition) is 1. The first-order chi connectivity index (χ1) is 8.08. The minimum atomic E-state index is -0.364. The Morgan fingerprint density at radius 3 is 2.53 bits per heavy atom. The average molecular weight is 232 g/mol. The quantitative estimate of drug-likeness (QED) is 0.851. The molecule has 17 heavy (non-hydrogen) atoms. The van der Waals surface area contributed by atoms with Gasteiger partial charge in [-0.2, -0.15) is 5.10 Å². The van der Waals surface area contributed by atoms with Crippen LogP contribution < -0.4 is 5.32 Å². The van der Waals surface area contributed by atoms with E-state index in [9.17, 15) is 4.79 Å². The van der Waals surface area contributed by atoms with E-state index in [0.29, 0.717) is 5.88 Å². The largest absolute Gasteiger partial charge is 0.338 e. The van der Waals surface area contributed by atoms with Gasteiger partial charge in [-0.05, 0) is 32.9 Å². The van der Waals surface area contributed by atoms with Crippen LogP contribution in [0.15, 0.2) is 16.7 Å². The van der Waals surface area contributed by atoms with Crippen LogP contribution in [0.3, 0.4) is 0 Å². The number of carbonyl (C=O) groups is 1. The first kappa shape index (κ1) is 11.3. The van der Waals surface area contributed by atoms with Crippen molar-refractivity contribution in [1.29, 1.82) is 0 Å². The molecular weight excluding hydrogens is 220 g/mol. The van der Waals surface area contributed by atoms with E-state index in [1.54, 1.807) is 26.0 Å². The van der Waals surface area contributed by atoms with Gasteiger partial charge in [0, 0.05) is 5.56 Å². The molecule has 2 aromatic heterocycles. The SMILES string of the molecule is Cc1ccc(C(=O)Nc2onc(C)c2C)nn1. The molecule has 0 aliphatic heterocycles. The van der Waals surface area contributed by atoms with Gasteiger partial charge in [0.25, 0.3) is 5.91 Å². The van der Waals surface area contributed by atoms with Crippen LogP contribution in [0.1, 0.15) is 27.4 Å². The minimum absolute atomic E-state index is 0.240. The van der Waals surface area contributed by atoms with Crippen LogP contribution in [0.5, 0.6) is 0 Å². The topological polar surface area (TPSA) is 80.9 Å². The molecule has 88 valence electrons. The summed E-state index contributed by atoms with van der Waals surface area (Å²) >= 11 is 0. The third kappa shape index (κ3) is 2.30. The highest BCUT2D eigenvalue weighted by atomic mass is 16.5. The van der Waals surface area contributed by atoms with Crippen molar-refractivity contribution in [1.82, 2.24) is 15.4 Å². The number of aromatic nitrogens is 3. The van der Waals surface area contributed by atoms with Crippen LogP contribution >= 0.6 is 0 Å². The van der Waals surface area contributed by atoms with Crippen molar-refractivity contribution in [3.63, 3.8) is 0 Å². The third-order valence-electron chi connectivity index (χ3n) is 2.41. The molecule has 0 aromatic carbocycles. The fraction of sp³-hybridized carbons (Fsp3) is 0.273. The molecule has 0 atom stereocenters. The zero-order chi connectivity index (χ0) is 12.4. The number of nitrogens with one attached hydrogen (secondary N) is 1. The van der Waals surface area contributed by atoms with Crippen LogP contribution in [-0.2, 0) is 0 Å². The normalized spacial score (nSPS) is 10.3. The molecular formula is C11H12N4O2. The molecule has 2 aromatic rings. The number of hydrogen-bond acceptors (Lipinski definition) is 5. The molecule has 0 bridgehead atoms. The van der Waals surface area contributed by atoms with Crippen LogP contribution in [0, 0.1) is 20.8 Å². The Kier molecular flexibility index (Phi) is 2.86. The predicted molar refractivity (Wildman–Crippen MR) is 60.7 cm³/mol. The molecule has 0 radical (unpaired) electrons. The third-order valence-corrected chi connectivity index (χ3v) is 2.41. The van der Waals surface area contributed by atoms with Crippen LogP contribution in [0.4, 0.5) is 5.88 Å². The zero-order valence-corrected chi connectivity index (χ0v) is 9.81. The second kappa shape index (κ2) is 4.32. The van der Waals surface area contributed by atoms with Crippen molar-refractivity contribution in [2.24, 2.45) is 0 Å². The summed E-state index contributed by atoms with van der Waals surface area (Å²) in [5, 5.41) is 13.9. The molecule has 1 amide bonds. The fourth-order valence-electron chi connectivity index (χ4n) is 1.22. The predicted octanol–water partition coefficient (Wildman–Crippen LogP) is 1.64. The lowest BCUT2D eigenvalue weighted by Crippen LogP contribution is -2.14. The molecule has 0 spiro atoms. The first-order valence-electron chi connectivity index (χ1n) is 5.12. The summed E-state index contributed by atoms with van der Waals surface area (Å²) in [6.07, 6.45) is 0. The summed E-state index contributed by atoms with van der Waals surface area (Å²) < 4.78 is 4.98. The summed E-state index contributed by atoms with van der Waals surface area (Å²) in [6.45, 7) is 5.43. The summed E-state index contributed by atoms with van der Waals surface area (Å²) in [4.78, 5) is 11.8. The maximum absolute atomic E-state index is 11.8. The van der Waals surface area contributed by atoms with E-state index in [0.717, 1.165) is 17.0 Å². The lowest BCUT2D eigenvalue weighted by molar-refractivity contribution is 0.101. The maximum Gasteiger partial charge on any atom is 0.278 e. The number of aryl methyl sites for hydroxylation is 2. The molecule has 0 aliphatic rings. The summed E-state index contributed by atoms with van der Waals surface area (Å²) in [5.74, 6) is -0.0216. The number of anilines is 1. The van der Waals surface area contributed by atoms with Crippen LogP contribution in [0.2, 0.25) is 0 Å². The first-order valence-corrected chi connectivity index (χ1v) is 5.12. The lowest BCUT2D eigenvalue weighted by atomic mass is 10.3. The molecule has 6 heteroatoms. The number of rotatable bonds is 2. The van der Waals surface area contributed by atoms with Gasteiger partial charge < -0.3 is 4.52 Å². The highest BCUT2D eigenvalue weighted by Gasteiger charge is 2.14. The highest BCUT2D eigenvalue weighted by Crippen LogP contribution is 2.17. The Morgan fingerprint density at radius 2 is 2.00 bits per heavy atom. The zero-order valence-electron chi connectivity index (χ0n) is 9.81. The van der Waals surface area contributed by atoms with Gasteiger partial charge in [0.2, 0.25) is 5.88 Å². The van der Waals surface area contributed by atoms with Crippen molar-refractivity contribution in [3.05, 3.63) is 34.8 Å². The Balaban J connectivity index is 2.17. The fourth-order valence-corrected chi connectivity index (χ4v) is 1.22. The summed E-state index contributed by atoms with van der Waals surface area (Å²) in [7, 11) is 0. The molecule has 0 unspecified atom stereocenters. The lowest BCUT2D eigenvalue weighted by Gasteiger charge is -2.00. The Labute approximate surface area is 98.0 Å². The second-order valence-corrected chi connectivity index (χ2v) is 3.74. The van der Waals surface area contributed by atoms with E-state index in [4.69, 9.17) is 4.52 Å². The minimum Gasteiger partial charge on any atom is -0.338 e. The maximum atomic E-state index is 11.8. The molecule has 0 saturated carbocycles. The number of amides is 1. The second-order valence-electron chi connectivity index (χ2n) is 3.74.